The zero-order chi connectivity index (χ0) is 22.1. The quantitative estimate of drug-likeness (QED) is 0.410. The molecule has 0 aliphatic rings. The van der Waals surface area contributed by atoms with E-state index in [-0.39, 0.29) is 4.90 Å². The fourth-order valence-corrected chi connectivity index (χ4v) is 4.22. The van der Waals surface area contributed by atoms with Crippen LogP contribution in [-0.2, 0) is 14.8 Å². The summed E-state index contributed by atoms with van der Waals surface area (Å²) < 4.78 is 33.0. The van der Waals surface area contributed by atoms with Gasteiger partial charge in [-0.25, -0.2) is 13.8 Å². The number of hydrogen-bond donors (Lipinski definition) is 1. The number of carbonyl (C=O) groups excluding carboxylic acids is 1. The molecule has 0 radical (unpaired) electrons. The second-order valence-electron chi connectivity index (χ2n) is 6.46. The van der Waals surface area contributed by atoms with Crippen LogP contribution in [0, 0.1) is 0 Å². The van der Waals surface area contributed by atoms with Crippen molar-refractivity contribution in [1.29, 1.82) is 0 Å². The minimum absolute atomic E-state index is 0.0559. The summed E-state index contributed by atoms with van der Waals surface area (Å²) in [5, 5.41) is 3.91. The van der Waals surface area contributed by atoms with Gasteiger partial charge in [0.2, 0.25) is 0 Å². The van der Waals surface area contributed by atoms with E-state index in [2.05, 4.69) is 10.5 Å². The average Bonchev–Trinajstić information content (AvgIpc) is 2.79. The summed E-state index contributed by atoms with van der Waals surface area (Å²) >= 11 is 0. The lowest BCUT2D eigenvalue weighted by Crippen LogP contribution is -2.39. The summed E-state index contributed by atoms with van der Waals surface area (Å²) in [6.45, 7) is 1.90. The van der Waals surface area contributed by atoms with Crippen molar-refractivity contribution in [2.75, 3.05) is 17.5 Å². The molecule has 31 heavy (non-hydrogen) atoms. The first-order valence-corrected chi connectivity index (χ1v) is 11.1. The fourth-order valence-electron chi connectivity index (χ4n) is 2.79. The van der Waals surface area contributed by atoms with Gasteiger partial charge in [0.15, 0.2) is 0 Å². The van der Waals surface area contributed by atoms with E-state index in [0.717, 1.165) is 9.87 Å². The molecule has 0 aliphatic carbocycles. The van der Waals surface area contributed by atoms with E-state index in [1.807, 2.05) is 37.3 Å². The summed E-state index contributed by atoms with van der Waals surface area (Å²) in [5.41, 5.74) is 3.57. The van der Waals surface area contributed by atoms with Gasteiger partial charge in [0.1, 0.15) is 12.3 Å². The van der Waals surface area contributed by atoms with Crippen LogP contribution in [0.1, 0.15) is 12.5 Å². The number of hydrogen-bond acceptors (Lipinski definition) is 5. The highest BCUT2D eigenvalue weighted by Gasteiger charge is 2.27. The molecular formula is C23H23N3O4S. The molecule has 0 spiro atoms. The first kappa shape index (κ1) is 22.0. The standard InChI is InChI=1S/C23H23N3O4S/c1-2-30-21-13-15-22(16-14-21)31(28,29)26(20-11-7-4-8-12-20)18-23(27)25-24-17-19-9-5-3-6-10-19/h3-17H,2,18H2,1H3,(H,25,27)/b24-17-. The molecule has 8 heteroatoms. The number of sulfonamides is 1. The minimum Gasteiger partial charge on any atom is -0.494 e. The molecule has 1 N–H and O–H groups in total. The van der Waals surface area contributed by atoms with Gasteiger partial charge < -0.3 is 4.74 Å². The third-order valence-electron chi connectivity index (χ3n) is 4.26. The van der Waals surface area contributed by atoms with E-state index >= 15 is 0 Å². The summed E-state index contributed by atoms with van der Waals surface area (Å²) in [7, 11) is -3.99. The van der Waals surface area contributed by atoms with Crippen LogP contribution < -0.4 is 14.5 Å². The van der Waals surface area contributed by atoms with Gasteiger partial charge in [0, 0.05) is 0 Å². The molecule has 3 aromatic carbocycles. The van der Waals surface area contributed by atoms with Gasteiger partial charge in [0.05, 0.1) is 23.4 Å². The van der Waals surface area contributed by atoms with Crippen LogP contribution in [-0.4, -0.2) is 33.7 Å². The van der Waals surface area contributed by atoms with Crippen molar-refractivity contribution in [3.8, 4) is 5.75 Å². The zero-order valence-corrected chi connectivity index (χ0v) is 17.8. The van der Waals surface area contributed by atoms with Gasteiger partial charge in [0.25, 0.3) is 15.9 Å². The Kier molecular flexibility index (Phi) is 7.40. The Labute approximate surface area is 182 Å². The SMILES string of the molecule is CCOc1ccc(S(=O)(=O)N(CC(=O)N/N=C\c2ccccc2)c2ccccc2)cc1. The summed E-state index contributed by atoms with van der Waals surface area (Å²) in [4.78, 5) is 12.5. The van der Waals surface area contributed by atoms with Crippen LogP contribution in [0.5, 0.6) is 5.75 Å². The fraction of sp³-hybridized carbons (Fsp3) is 0.130. The Morgan fingerprint density at radius 1 is 0.968 bits per heavy atom. The van der Waals surface area contributed by atoms with Crippen molar-refractivity contribution in [3.63, 3.8) is 0 Å². The number of carbonyl (C=O) groups is 1. The number of nitrogens with one attached hydrogen (secondary N) is 1. The van der Waals surface area contributed by atoms with Gasteiger partial charge >= 0.3 is 0 Å². The third kappa shape index (κ3) is 5.93. The largest absolute Gasteiger partial charge is 0.494 e. The van der Waals surface area contributed by atoms with Gasteiger partial charge in [-0.3, -0.25) is 9.10 Å². The maximum Gasteiger partial charge on any atom is 0.264 e. The number of hydrazone groups is 1. The van der Waals surface area contributed by atoms with Crippen LogP contribution in [0.3, 0.4) is 0 Å². The van der Waals surface area contributed by atoms with E-state index < -0.39 is 22.5 Å². The maximum atomic E-state index is 13.3. The highest BCUT2D eigenvalue weighted by atomic mass is 32.2. The van der Waals surface area contributed by atoms with E-state index in [1.54, 1.807) is 42.5 Å². The van der Waals surface area contributed by atoms with E-state index in [9.17, 15) is 13.2 Å². The molecule has 0 heterocycles. The smallest absolute Gasteiger partial charge is 0.264 e. The Bertz CT molecular complexity index is 1120. The Morgan fingerprint density at radius 2 is 1.58 bits per heavy atom. The first-order chi connectivity index (χ1) is 15.0. The molecule has 0 aliphatic heterocycles. The highest BCUT2D eigenvalue weighted by molar-refractivity contribution is 7.92. The molecule has 0 atom stereocenters. The lowest BCUT2D eigenvalue weighted by atomic mass is 10.2. The summed E-state index contributed by atoms with van der Waals surface area (Å²) in [6.07, 6.45) is 1.49. The monoisotopic (exact) mass is 437 g/mol. The molecule has 0 unspecified atom stereocenters. The summed E-state index contributed by atoms with van der Waals surface area (Å²) in [5.74, 6) is 0.00579. The van der Waals surface area contributed by atoms with Crippen LogP contribution in [0.2, 0.25) is 0 Å². The van der Waals surface area contributed by atoms with Crippen molar-refractivity contribution >= 4 is 27.8 Å². The maximum absolute atomic E-state index is 13.3. The molecule has 0 bridgehead atoms. The highest BCUT2D eigenvalue weighted by Crippen LogP contribution is 2.24. The predicted octanol–water partition coefficient (Wildman–Crippen LogP) is 3.43. The van der Waals surface area contributed by atoms with Crippen molar-refractivity contribution in [1.82, 2.24) is 5.43 Å². The lowest BCUT2D eigenvalue weighted by Gasteiger charge is -2.23. The Balaban J connectivity index is 1.81. The predicted molar refractivity (Wildman–Crippen MR) is 121 cm³/mol. The van der Waals surface area contributed by atoms with Crippen molar-refractivity contribution in [2.24, 2.45) is 5.10 Å². The topological polar surface area (TPSA) is 88.1 Å². The van der Waals surface area contributed by atoms with Crippen molar-refractivity contribution < 1.29 is 17.9 Å². The third-order valence-corrected chi connectivity index (χ3v) is 6.04. The van der Waals surface area contributed by atoms with Crippen LogP contribution in [0.4, 0.5) is 5.69 Å². The lowest BCUT2D eigenvalue weighted by molar-refractivity contribution is -0.119. The number of benzene rings is 3. The number of amides is 1. The second kappa shape index (κ2) is 10.4. The summed E-state index contributed by atoms with van der Waals surface area (Å²) in [6, 6.07) is 23.8. The molecule has 7 nitrogen and oxygen atoms in total. The molecule has 3 aromatic rings. The number of nitrogens with zero attached hydrogens (tertiary/aromatic N) is 2. The second-order valence-corrected chi connectivity index (χ2v) is 8.32. The molecule has 0 fully saturated rings. The molecular weight excluding hydrogens is 414 g/mol. The van der Waals surface area contributed by atoms with Gasteiger partial charge in [-0.05, 0) is 48.9 Å². The first-order valence-electron chi connectivity index (χ1n) is 9.68. The Hall–Kier alpha value is -3.65. The molecule has 3 rings (SSSR count). The molecule has 0 aromatic heterocycles. The average molecular weight is 438 g/mol. The molecule has 0 saturated heterocycles. The van der Waals surface area contributed by atoms with Gasteiger partial charge in [-0.2, -0.15) is 5.10 Å². The van der Waals surface area contributed by atoms with E-state index in [1.165, 1.54) is 18.3 Å². The zero-order valence-electron chi connectivity index (χ0n) is 17.0. The van der Waals surface area contributed by atoms with Crippen molar-refractivity contribution in [3.05, 3.63) is 90.5 Å². The van der Waals surface area contributed by atoms with Crippen LogP contribution >= 0.6 is 0 Å². The van der Waals surface area contributed by atoms with E-state index in [4.69, 9.17) is 4.74 Å². The number of ether oxygens (including phenoxy) is 1. The van der Waals surface area contributed by atoms with Gasteiger partial charge in [-0.1, -0.05) is 48.5 Å². The number of para-hydroxylation sites is 1. The van der Waals surface area contributed by atoms with Gasteiger partial charge in [-0.15, -0.1) is 0 Å². The normalized spacial score (nSPS) is 11.3. The number of anilines is 1. The van der Waals surface area contributed by atoms with Crippen LogP contribution in [0.15, 0.2) is 94.9 Å². The number of rotatable bonds is 9. The Morgan fingerprint density at radius 3 is 2.19 bits per heavy atom. The van der Waals surface area contributed by atoms with Crippen molar-refractivity contribution in [2.45, 2.75) is 11.8 Å². The molecule has 1 amide bonds. The molecule has 160 valence electrons. The minimum atomic E-state index is -3.99. The van der Waals surface area contributed by atoms with E-state index in [0.29, 0.717) is 18.0 Å². The molecule has 0 saturated carbocycles. The van der Waals surface area contributed by atoms with Crippen LogP contribution in [0.25, 0.3) is 0 Å².